The van der Waals surface area contributed by atoms with Crippen LogP contribution in [0.25, 0.3) is 10.9 Å². The smallest absolute Gasteiger partial charge is 0.317 e. The van der Waals surface area contributed by atoms with Gasteiger partial charge in [-0.25, -0.2) is 4.79 Å². The lowest BCUT2D eigenvalue weighted by molar-refractivity contribution is 0.0635. The van der Waals surface area contributed by atoms with Crippen LogP contribution in [0.2, 0.25) is 5.02 Å². The van der Waals surface area contributed by atoms with Gasteiger partial charge in [0, 0.05) is 41.8 Å². The first kappa shape index (κ1) is 20.2. The average molecular weight is 427 g/mol. The fourth-order valence-corrected chi connectivity index (χ4v) is 3.96. The molecular weight excluding hydrogens is 404 g/mol. The van der Waals surface area contributed by atoms with Crippen molar-refractivity contribution in [3.05, 3.63) is 59.0 Å². The number of H-pyrrole nitrogens is 1. The molecule has 0 radical (unpaired) electrons. The number of hydrogen-bond donors (Lipinski definition) is 2. The number of aromatic nitrogens is 3. The number of likely N-dealkylation sites (N-methyl/N-ethyl adjacent to an activating group) is 1. The van der Waals surface area contributed by atoms with Crippen LogP contribution in [0.1, 0.15) is 28.9 Å². The van der Waals surface area contributed by atoms with Crippen molar-refractivity contribution in [1.82, 2.24) is 30.3 Å². The number of aromatic amines is 1. The maximum absolute atomic E-state index is 12.7. The number of piperidine rings is 1. The second kappa shape index (κ2) is 8.71. The first-order valence-electron chi connectivity index (χ1n) is 9.85. The van der Waals surface area contributed by atoms with Gasteiger partial charge in [-0.3, -0.25) is 4.79 Å². The van der Waals surface area contributed by atoms with E-state index in [-0.39, 0.29) is 18.0 Å². The number of halogens is 1. The Morgan fingerprint density at radius 1 is 1.30 bits per heavy atom. The lowest BCUT2D eigenvalue weighted by Gasteiger charge is -2.37. The number of carbonyl (C=O) groups excluding carboxylic acids is 2. The van der Waals surface area contributed by atoms with E-state index in [1.807, 2.05) is 24.3 Å². The molecule has 9 heteroatoms. The molecule has 1 fully saturated rings. The van der Waals surface area contributed by atoms with E-state index < -0.39 is 0 Å². The molecule has 3 heterocycles. The summed E-state index contributed by atoms with van der Waals surface area (Å²) in [5.41, 5.74) is 2.39. The number of amides is 3. The van der Waals surface area contributed by atoms with Gasteiger partial charge in [0.25, 0.3) is 5.91 Å². The number of urea groups is 1. The van der Waals surface area contributed by atoms with Gasteiger partial charge in [-0.15, -0.1) is 0 Å². The van der Waals surface area contributed by atoms with Gasteiger partial charge in [0.15, 0.2) is 0 Å². The molecule has 3 aromatic rings. The molecule has 3 amide bonds. The van der Waals surface area contributed by atoms with Crippen LogP contribution in [0.3, 0.4) is 0 Å². The van der Waals surface area contributed by atoms with Gasteiger partial charge >= 0.3 is 6.03 Å². The highest BCUT2D eigenvalue weighted by Gasteiger charge is 2.29. The second-order valence-electron chi connectivity index (χ2n) is 7.47. The lowest BCUT2D eigenvalue weighted by atomic mass is 10.0. The molecule has 1 aliphatic rings. The molecule has 0 unspecified atom stereocenters. The molecule has 0 bridgehead atoms. The van der Waals surface area contributed by atoms with E-state index in [1.165, 1.54) is 12.4 Å². The van der Waals surface area contributed by atoms with Crippen molar-refractivity contribution in [2.45, 2.75) is 25.4 Å². The number of rotatable bonds is 4. The van der Waals surface area contributed by atoms with E-state index in [2.05, 4.69) is 20.5 Å². The van der Waals surface area contributed by atoms with Gasteiger partial charge in [-0.2, -0.15) is 10.2 Å². The molecule has 1 atom stereocenters. The highest BCUT2D eigenvalue weighted by molar-refractivity contribution is 6.31. The summed E-state index contributed by atoms with van der Waals surface area (Å²) in [5.74, 6) is -0.0832. The molecule has 0 saturated carbocycles. The molecule has 1 aliphatic heterocycles. The van der Waals surface area contributed by atoms with Gasteiger partial charge in [0.1, 0.15) is 0 Å². The summed E-state index contributed by atoms with van der Waals surface area (Å²) >= 11 is 6.03. The Hall–Kier alpha value is -3.13. The van der Waals surface area contributed by atoms with Crippen molar-refractivity contribution in [1.29, 1.82) is 0 Å². The van der Waals surface area contributed by atoms with Crippen LogP contribution in [0.5, 0.6) is 0 Å². The van der Waals surface area contributed by atoms with Gasteiger partial charge in [0.05, 0.1) is 30.5 Å². The minimum atomic E-state index is -0.170. The molecule has 156 valence electrons. The maximum Gasteiger partial charge on any atom is 0.317 e. The van der Waals surface area contributed by atoms with Crippen molar-refractivity contribution in [3.8, 4) is 0 Å². The molecule has 1 saturated heterocycles. The van der Waals surface area contributed by atoms with Crippen LogP contribution >= 0.6 is 11.6 Å². The maximum atomic E-state index is 12.7. The average Bonchev–Trinajstić information content (AvgIpc) is 3.19. The molecule has 0 spiro atoms. The monoisotopic (exact) mass is 426 g/mol. The number of nitrogens with zero attached hydrogens (tertiary/aromatic N) is 4. The van der Waals surface area contributed by atoms with E-state index in [0.717, 1.165) is 29.4 Å². The van der Waals surface area contributed by atoms with Crippen LogP contribution in [0, 0.1) is 0 Å². The third-order valence-electron chi connectivity index (χ3n) is 5.45. The van der Waals surface area contributed by atoms with Crippen LogP contribution in [0.15, 0.2) is 42.7 Å². The molecular formula is C21H23ClN6O2. The zero-order valence-electron chi connectivity index (χ0n) is 16.6. The van der Waals surface area contributed by atoms with E-state index in [1.54, 1.807) is 22.9 Å². The number of carbonyl (C=O) groups is 2. The summed E-state index contributed by atoms with van der Waals surface area (Å²) in [7, 11) is 1.77. The number of nitrogens with one attached hydrogen (secondary N) is 2. The Bertz CT molecular complexity index is 1050. The van der Waals surface area contributed by atoms with E-state index in [0.29, 0.717) is 30.2 Å². The second-order valence-corrected chi connectivity index (χ2v) is 7.91. The third-order valence-corrected chi connectivity index (χ3v) is 5.69. The summed E-state index contributed by atoms with van der Waals surface area (Å²) in [6.45, 7) is 1.55. The largest absolute Gasteiger partial charge is 0.357 e. The highest BCUT2D eigenvalue weighted by atomic mass is 35.5. The topological polar surface area (TPSA) is 94.2 Å². The van der Waals surface area contributed by atoms with Crippen LogP contribution in [-0.2, 0) is 6.54 Å². The first-order valence-corrected chi connectivity index (χ1v) is 10.2. The molecule has 8 nitrogen and oxygen atoms in total. The van der Waals surface area contributed by atoms with Gasteiger partial charge in [0.2, 0.25) is 0 Å². The third kappa shape index (κ3) is 4.38. The van der Waals surface area contributed by atoms with Crippen LogP contribution in [0.4, 0.5) is 4.79 Å². The predicted octanol–water partition coefficient (Wildman–Crippen LogP) is 3.06. The fourth-order valence-electron chi connectivity index (χ4n) is 3.78. The minimum absolute atomic E-state index is 0.0426. The zero-order valence-corrected chi connectivity index (χ0v) is 17.4. The van der Waals surface area contributed by atoms with Crippen molar-refractivity contribution < 1.29 is 9.59 Å². The molecule has 2 aromatic heterocycles. The van der Waals surface area contributed by atoms with E-state index in [9.17, 15) is 9.59 Å². The summed E-state index contributed by atoms with van der Waals surface area (Å²) in [5, 5.41) is 12.1. The standard InChI is InChI=1S/C21H23ClN6O2/c1-27(18-3-2-8-28(13-18)20(29)14-6-7-24-25-11-14)21(30)23-12-17-10-15-9-16(22)4-5-19(15)26-17/h4-7,9-11,18,26H,2-3,8,12-13H2,1H3,(H,23,30)/t18-/m1/s1. The molecule has 1 aromatic carbocycles. The van der Waals surface area contributed by atoms with Gasteiger partial charge in [-0.05, 0) is 43.2 Å². The SMILES string of the molecule is CN(C(=O)NCc1cc2cc(Cl)ccc2[nH]1)[C@@H]1CCCN(C(=O)c2ccnnc2)C1. The fraction of sp³-hybridized carbons (Fsp3) is 0.333. The van der Waals surface area contributed by atoms with Gasteiger partial charge < -0.3 is 20.1 Å². The number of likely N-dealkylation sites (tertiary alicyclic amines) is 1. The lowest BCUT2D eigenvalue weighted by Crippen LogP contribution is -2.52. The molecule has 2 N–H and O–H groups in total. The number of hydrogen-bond acceptors (Lipinski definition) is 4. The Balaban J connectivity index is 1.35. The summed E-state index contributed by atoms with van der Waals surface area (Å²) in [6, 6.07) is 9.05. The van der Waals surface area contributed by atoms with Crippen molar-refractivity contribution in [2.24, 2.45) is 0 Å². The predicted molar refractivity (Wildman–Crippen MR) is 114 cm³/mol. The van der Waals surface area contributed by atoms with Gasteiger partial charge in [-0.1, -0.05) is 11.6 Å². The van der Waals surface area contributed by atoms with E-state index in [4.69, 9.17) is 11.6 Å². The highest BCUT2D eigenvalue weighted by Crippen LogP contribution is 2.20. The van der Waals surface area contributed by atoms with Crippen molar-refractivity contribution >= 4 is 34.4 Å². The van der Waals surface area contributed by atoms with Crippen LogP contribution < -0.4 is 5.32 Å². The molecule has 0 aliphatic carbocycles. The summed E-state index contributed by atoms with van der Waals surface area (Å²) in [6.07, 6.45) is 4.67. The quantitative estimate of drug-likeness (QED) is 0.670. The van der Waals surface area contributed by atoms with Crippen molar-refractivity contribution in [3.63, 3.8) is 0 Å². The Morgan fingerprint density at radius 2 is 2.17 bits per heavy atom. The Morgan fingerprint density at radius 3 is 2.97 bits per heavy atom. The Labute approximate surface area is 179 Å². The van der Waals surface area contributed by atoms with Crippen LogP contribution in [-0.4, -0.2) is 63.1 Å². The molecule has 30 heavy (non-hydrogen) atoms. The Kier molecular flexibility index (Phi) is 5.85. The zero-order chi connectivity index (χ0) is 21.1. The van der Waals surface area contributed by atoms with Crippen molar-refractivity contribution in [2.75, 3.05) is 20.1 Å². The number of benzene rings is 1. The van der Waals surface area contributed by atoms with E-state index >= 15 is 0 Å². The summed E-state index contributed by atoms with van der Waals surface area (Å²) in [4.78, 5) is 32.1. The molecule has 4 rings (SSSR count). The first-order chi connectivity index (χ1) is 14.5. The summed E-state index contributed by atoms with van der Waals surface area (Å²) < 4.78 is 0. The normalized spacial score (nSPS) is 16.5. The number of fused-ring (bicyclic) bond motifs is 1. The minimum Gasteiger partial charge on any atom is -0.357 e.